The summed E-state index contributed by atoms with van der Waals surface area (Å²) in [4.78, 5) is 19.8. The number of terminal acetylenes is 1. The number of aromatic nitrogens is 2. The maximum absolute atomic E-state index is 12.8. The van der Waals surface area contributed by atoms with Crippen LogP contribution in [0.3, 0.4) is 0 Å². The Morgan fingerprint density at radius 1 is 1.32 bits per heavy atom. The molecule has 28 heavy (non-hydrogen) atoms. The average Bonchev–Trinajstić information content (AvgIpc) is 3.39. The predicted octanol–water partition coefficient (Wildman–Crippen LogP) is 3.99. The van der Waals surface area contributed by atoms with E-state index in [4.69, 9.17) is 15.9 Å². The van der Waals surface area contributed by atoms with E-state index in [0.29, 0.717) is 24.7 Å². The fourth-order valence-electron chi connectivity index (χ4n) is 3.87. The van der Waals surface area contributed by atoms with Crippen molar-refractivity contribution in [2.45, 2.75) is 44.8 Å². The Hall–Kier alpha value is -2.68. The van der Waals surface area contributed by atoms with Crippen molar-refractivity contribution in [3.8, 4) is 12.3 Å². The number of nitrogens with one attached hydrogen (secondary N) is 1. The molecule has 0 amide bonds. The smallest absolute Gasteiger partial charge is 0.202 e. The topological polar surface area (TPSA) is 64.2 Å². The number of hydrogen-bond acceptors (Lipinski definition) is 4. The second kappa shape index (κ2) is 7.75. The van der Waals surface area contributed by atoms with Crippen LogP contribution < -0.4 is 0 Å². The molecule has 0 spiro atoms. The molecule has 1 aliphatic carbocycles. The van der Waals surface area contributed by atoms with Crippen LogP contribution in [0.1, 0.15) is 65.6 Å². The van der Waals surface area contributed by atoms with Gasteiger partial charge in [0.15, 0.2) is 11.6 Å². The van der Waals surface area contributed by atoms with E-state index in [2.05, 4.69) is 28.0 Å². The molecule has 2 aromatic rings. The lowest BCUT2D eigenvalue weighted by molar-refractivity contribution is -0.149. The molecule has 0 radical (unpaired) electrons. The molecule has 5 nitrogen and oxygen atoms in total. The van der Waals surface area contributed by atoms with Crippen LogP contribution in [0.15, 0.2) is 30.5 Å². The Bertz CT molecular complexity index is 958. The van der Waals surface area contributed by atoms with Crippen molar-refractivity contribution in [3.05, 3.63) is 58.7 Å². The molecular formula is C23H24N2O3. The summed E-state index contributed by atoms with van der Waals surface area (Å²) in [5, 5.41) is 0. The normalized spacial score (nSPS) is 18.5. The summed E-state index contributed by atoms with van der Waals surface area (Å²) in [6.07, 6.45) is 13.9. The molecule has 2 heterocycles. The van der Waals surface area contributed by atoms with E-state index < -0.39 is 5.79 Å². The summed E-state index contributed by atoms with van der Waals surface area (Å²) >= 11 is 0. The molecule has 1 N–H and O–H groups in total. The molecule has 1 fully saturated rings. The first-order valence-corrected chi connectivity index (χ1v) is 9.74. The van der Waals surface area contributed by atoms with Gasteiger partial charge in [-0.05, 0) is 55.4 Å². The van der Waals surface area contributed by atoms with Gasteiger partial charge in [-0.3, -0.25) is 4.79 Å². The van der Waals surface area contributed by atoms with Gasteiger partial charge in [-0.15, -0.1) is 6.42 Å². The number of allylic oxidation sites excluding steroid dienone is 2. The van der Waals surface area contributed by atoms with Crippen molar-refractivity contribution in [2.75, 3.05) is 13.2 Å². The minimum absolute atomic E-state index is 0.0773. The summed E-state index contributed by atoms with van der Waals surface area (Å²) in [6.45, 7) is 3.12. The number of imidazole rings is 1. The summed E-state index contributed by atoms with van der Waals surface area (Å²) in [6, 6.07) is 6.13. The molecule has 0 bridgehead atoms. The third-order valence-electron chi connectivity index (χ3n) is 5.46. The molecule has 0 atom stereocenters. The number of aromatic amines is 1. The highest BCUT2D eigenvalue weighted by atomic mass is 16.7. The number of Topliss-reactive ketones (excluding diaryl/α,β-unsaturated/α-hetero) is 1. The van der Waals surface area contributed by atoms with Gasteiger partial charge in [0.05, 0.1) is 19.4 Å². The van der Waals surface area contributed by atoms with Gasteiger partial charge in [0.25, 0.3) is 0 Å². The van der Waals surface area contributed by atoms with Gasteiger partial charge < -0.3 is 14.5 Å². The average molecular weight is 376 g/mol. The van der Waals surface area contributed by atoms with E-state index in [9.17, 15) is 4.79 Å². The molecule has 0 saturated carbocycles. The molecule has 4 rings (SSSR count). The zero-order chi connectivity index (χ0) is 19.6. The number of carbonyl (C=O) groups is 1. The van der Waals surface area contributed by atoms with Gasteiger partial charge in [0.2, 0.25) is 5.78 Å². The third kappa shape index (κ3) is 3.66. The van der Waals surface area contributed by atoms with E-state index in [1.807, 2.05) is 19.1 Å². The number of H-pyrrole nitrogens is 1. The molecule has 144 valence electrons. The van der Waals surface area contributed by atoms with Crippen molar-refractivity contribution in [1.29, 1.82) is 0 Å². The van der Waals surface area contributed by atoms with Gasteiger partial charge in [0.1, 0.15) is 5.69 Å². The Morgan fingerprint density at radius 2 is 2.14 bits per heavy atom. The van der Waals surface area contributed by atoms with Crippen molar-refractivity contribution in [3.63, 3.8) is 0 Å². The van der Waals surface area contributed by atoms with Gasteiger partial charge in [-0.1, -0.05) is 24.1 Å². The van der Waals surface area contributed by atoms with Gasteiger partial charge in [-0.25, -0.2) is 4.98 Å². The maximum Gasteiger partial charge on any atom is 0.202 e. The first-order chi connectivity index (χ1) is 13.6. The maximum atomic E-state index is 12.8. The van der Waals surface area contributed by atoms with Crippen LogP contribution in [0.5, 0.6) is 0 Å². The second-order valence-electron chi connectivity index (χ2n) is 7.38. The minimum Gasteiger partial charge on any atom is -0.344 e. The zero-order valence-electron chi connectivity index (χ0n) is 16.1. The number of carbonyl (C=O) groups excluding carboxylic acids is 1. The van der Waals surface area contributed by atoms with E-state index in [1.165, 1.54) is 18.2 Å². The van der Waals surface area contributed by atoms with Gasteiger partial charge in [-0.2, -0.15) is 0 Å². The van der Waals surface area contributed by atoms with E-state index in [0.717, 1.165) is 36.0 Å². The van der Waals surface area contributed by atoms with E-state index in [-0.39, 0.29) is 12.2 Å². The largest absolute Gasteiger partial charge is 0.344 e. The quantitative estimate of drug-likeness (QED) is 0.633. The first-order valence-electron chi connectivity index (χ1n) is 9.74. The monoisotopic (exact) mass is 376 g/mol. The lowest BCUT2D eigenvalue weighted by Crippen LogP contribution is -2.23. The Balaban J connectivity index is 1.68. The second-order valence-corrected chi connectivity index (χ2v) is 7.38. The summed E-state index contributed by atoms with van der Waals surface area (Å²) in [5.41, 5.74) is 4.88. The fourth-order valence-corrected chi connectivity index (χ4v) is 3.87. The number of rotatable bonds is 5. The van der Waals surface area contributed by atoms with Crippen molar-refractivity contribution >= 4 is 11.4 Å². The molecule has 2 aliphatic rings. The predicted molar refractivity (Wildman–Crippen MR) is 107 cm³/mol. The molecule has 1 aliphatic heterocycles. The van der Waals surface area contributed by atoms with Gasteiger partial charge >= 0.3 is 0 Å². The number of ketones is 1. The van der Waals surface area contributed by atoms with Crippen molar-refractivity contribution in [1.82, 2.24) is 9.97 Å². The van der Waals surface area contributed by atoms with Crippen molar-refractivity contribution in [2.24, 2.45) is 0 Å². The molecule has 0 unspecified atom stereocenters. The van der Waals surface area contributed by atoms with Crippen molar-refractivity contribution < 1.29 is 14.3 Å². The van der Waals surface area contributed by atoms with Gasteiger partial charge in [0, 0.05) is 12.0 Å². The summed E-state index contributed by atoms with van der Waals surface area (Å²) in [5.74, 6) is 1.96. The lowest BCUT2D eigenvalue weighted by atomic mass is 9.87. The third-order valence-corrected chi connectivity index (χ3v) is 5.46. The van der Waals surface area contributed by atoms with Crippen LogP contribution in [0.25, 0.3) is 5.57 Å². The summed E-state index contributed by atoms with van der Waals surface area (Å²) in [7, 11) is 0. The van der Waals surface area contributed by atoms with Crippen LogP contribution >= 0.6 is 0 Å². The van der Waals surface area contributed by atoms with Crippen LogP contribution in [0.2, 0.25) is 0 Å². The number of nitrogens with zero attached hydrogens (tertiary/aromatic N) is 1. The lowest BCUT2D eigenvalue weighted by Gasteiger charge is -2.25. The Morgan fingerprint density at radius 3 is 2.82 bits per heavy atom. The summed E-state index contributed by atoms with van der Waals surface area (Å²) < 4.78 is 11.7. The highest BCUT2D eigenvalue weighted by Gasteiger charge is 2.34. The molecule has 1 aromatic carbocycles. The molecule has 1 aromatic heterocycles. The Kier molecular flexibility index (Phi) is 5.17. The highest BCUT2D eigenvalue weighted by molar-refractivity contribution is 5.95. The van der Waals surface area contributed by atoms with Crippen LogP contribution in [0, 0.1) is 12.3 Å². The SMILES string of the molecule is C#Cc1cnc(C(=O)Cc2ccc(C3(C)OCCO3)cc2C2=CCCCC2)[nH]1. The Labute approximate surface area is 165 Å². The number of benzene rings is 1. The zero-order valence-corrected chi connectivity index (χ0v) is 16.1. The minimum atomic E-state index is -0.727. The first kappa shape index (κ1) is 18.7. The van der Waals surface area contributed by atoms with E-state index >= 15 is 0 Å². The number of hydrogen-bond donors (Lipinski definition) is 1. The standard InChI is InChI=1S/C23H24N2O3/c1-3-19-15-24-22(25-19)21(26)13-17-9-10-18(23(2)27-11-12-28-23)14-20(17)16-7-5-4-6-8-16/h1,7,9-10,14-15H,4-6,8,11-13H2,2H3,(H,24,25). The highest BCUT2D eigenvalue weighted by Crippen LogP contribution is 2.36. The molecule has 1 saturated heterocycles. The number of ether oxygens (including phenoxy) is 2. The molecular weight excluding hydrogens is 352 g/mol. The van der Waals surface area contributed by atoms with Crippen LogP contribution in [-0.4, -0.2) is 29.0 Å². The fraction of sp³-hybridized carbons (Fsp3) is 0.391. The molecule has 5 heteroatoms. The van der Waals surface area contributed by atoms with Crippen LogP contribution in [0.4, 0.5) is 0 Å². The van der Waals surface area contributed by atoms with Crippen LogP contribution in [-0.2, 0) is 21.7 Å². The van der Waals surface area contributed by atoms with E-state index in [1.54, 1.807) is 0 Å².